The van der Waals surface area contributed by atoms with Crippen molar-refractivity contribution in [3.63, 3.8) is 0 Å². The van der Waals surface area contributed by atoms with Crippen molar-refractivity contribution in [2.75, 3.05) is 0 Å². The molecule has 2 aromatic rings. The molecule has 1 aliphatic rings. The number of benzene rings is 1. The highest BCUT2D eigenvalue weighted by Crippen LogP contribution is 2.30. The molecule has 25 heavy (non-hydrogen) atoms. The van der Waals surface area contributed by atoms with E-state index in [4.69, 9.17) is 0 Å². The van der Waals surface area contributed by atoms with Gasteiger partial charge in [0.15, 0.2) is 0 Å². The fourth-order valence-corrected chi connectivity index (χ4v) is 3.76. The van der Waals surface area contributed by atoms with Crippen molar-refractivity contribution in [2.45, 2.75) is 45.7 Å². The Hall–Kier alpha value is -2.63. The highest BCUT2D eigenvalue weighted by atomic mass is 16.4. The molecule has 0 bridgehead atoms. The predicted molar refractivity (Wildman–Crippen MR) is 93.2 cm³/mol. The molecule has 0 saturated heterocycles. The average molecular weight is 341 g/mol. The number of aryl methyl sites for hydroxylation is 2. The summed E-state index contributed by atoms with van der Waals surface area (Å²) in [7, 11) is 1.85. The number of rotatable bonds is 3. The summed E-state index contributed by atoms with van der Waals surface area (Å²) in [6, 6.07) is 6.88. The molecule has 1 aliphatic heterocycles. The van der Waals surface area contributed by atoms with E-state index in [1.807, 2.05) is 52.1 Å². The van der Waals surface area contributed by atoms with Crippen LogP contribution in [0.5, 0.6) is 0 Å². The van der Waals surface area contributed by atoms with Crippen LogP contribution in [0.2, 0.25) is 0 Å². The van der Waals surface area contributed by atoms with Crippen LogP contribution in [-0.4, -0.2) is 37.7 Å². The molecule has 0 fully saturated rings. The van der Waals surface area contributed by atoms with Gasteiger partial charge in [0.1, 0.15) is 6.04 Å². The summed E-state index contributed by atoms with van der Waals surface area (Å²) in [5, 5.41) is 14.0. The lowest BCUT2D eigenvalue weighted by Gasteiger charge is -2.36. The van der Waals surface area contributed by atoms with Gasteiger partial charge in [-0.3, -0.25) is 9.48 Å². The van der Waals surface area contributed by atoms with Gasteiger partial charge in [-0.1, -0.05) is 24.3 Å². The predicted octanol–water partition coefficient (Wildman–Crippen LogP) is 2.18. The number of carbonyl (C=O) groups excluding carboxylic acids is 1. The molecule has 0 radical (unpaired) electrons. The van der Waals surface area contributed by atoms with Crippen LogP contribution in [0, 0.1) is 13.8 Å². The molecule has 1 aromatic carbocycles. The summed E-state index contributed by atoms with van der Waals surface area (Å²) in [5.74, 6) is -1.56. The van der Waals surface area contributed by atoms with Crippen LogP contribution in [0.1, 0.15) is 40.9 Å². The van der Waals surface area contributed by atoms with E-state index < -0.39 is 17.9 Å². The zero-order valence-electron chi connectivity index (χ0n) is 15.0. The Morgan fingerprint density at radius 3 is 2.44 bits per heavy atom. The number of amides is 1. The standard InChI is InChI=1S/C19H23N3O3/c1-11(17-12(2)20-21(4)13(17)3)18(23)22-10-15-8-6-5-7-14(15)9-16(22)19(24)25/h5-8,11,16H,9-10H2,1-4H3,(H,24,25)/t11-,16+/m0/s1. The Morgan fingerprint density at radius 1 is 1.24 bits per heavy atom. The van der Waals surface area contributed by atoms with Crippen molar-refractivity contribution in [1.29, 1.82) is 0 Å². The minimum Gasteiger partial charge on any atom is -0.480 e. The smallest absolute Gasteiger partial charge is 0.326 e. The van der Waals surface area contributed by atoms with Crippen molar-refractivity contribution in [1.82, 2.24) is 14.7 Å². The number of fused-ring (bicyclic) bond motifs is 1. The van der Waals surface area contributed by atoms with Gasteiger partial charge >= 0.3 is 5.97 Å². The second kappa shape index (κ2) is 6.35. The Labute approximate surface area is 147 Å². The fourth-order valence-electron chi connectivity index (χ4n) is 3.76. The third kappa shape index (κ3) is 2.92. The van der Waals surface area contributed by atoms with E-state index in [1.54, 1.807) is 4.68 Å². The van der Waals surface area contributed by atoms with Crippen molar-refractivity contribution in [2.24, 2.45) is 7.05 Å². The van der Waals surface area contributed by atoms with Gasteiger partial charge in [0.2, 0.25) is 5.91 Å². The highest BCUT2D eigenvalue weighted by molar-refractivity contribution is 5.89. The normalized spacial score (nSPS) is 17.9. The van der Waals surface area contributed by atoms with Gasteiger partial charge in [0.25, 0.3) is 0 Å². The molecule has 3 rings (SSSR count). The third-order valence-corrected chi connectivity index (χ3v) is 5.19. The number of aromatic nitrogens is 2. The van der Waals surface area contributed by atoms with Crippen molar-refractivity contribution >= 4 is 11.9 Å². The van der Waals surface area contributed by atoms with Crippen LogP contribution < -0.4 is 0 Å². The summed E-state index contributed by atoms with van der Waals surface area (Å²) < 4.78 is 1.76. The zero-order valence-corrected chi connectivity index (χ0v) is 15.0. The molecule has 1 aromatic heterocycles. The molecule has 1 amide bonds. The zero-order chi connectivity index (χ0) is 18.3. The number of hydrogen-bond acceptors (Lipinski definition) is 3. The third-order valence-electron chi connectivity index (χ3n) is 5.19. The quantitative estimate of drug-likeness (QED) is 0.928. The maximum atomic E-state index is 13.2. The molecule has 0 saturated carbocycles. The molecule has 0 unspecified atom stereocenters. The first kappa shape index (κ1) is 17.2. The first-order valence-corrected chi connectivity index (χ1v) is 8.41. The topological polar surface area (TPSA) is 75.4 Å². The molecule has 2 heterocycles. The number of aliphatic carboxylic acids is 1. The summed E-state index contributed by atoms with van der Waals surface area (Å²) in [4.78, 5) is 26.4. The Kier molecular flexibility index (Phi) is 4.37. The fraction of sp³-hybridized carbons (Fsp3) is 0.421. The summed E-state index contributed by atoms with van der Waals surface area (Å²) in [5.41, 5.74) is 4.64. The molecule has 6 heteroatoms. The van der Waals surface area contributed by atoms with E-state index in [-0.39, 0.29) is 5.91 Å². The number of carboxylic acids is 1. The van der Waals surface area contributed by atoms with E-state index in [0.717, 1.165) is 28.1 Å². The molecule has 0 spiro atoms. The van der Waals surface area contributed by atoms with E-state index >= 15 is 0 Å². The van der Waals surface area contributed by atoms with E-state index in [1.165, 1.54) is 4.90 Å². The molecular formula is C19H23N3O3. The van der Waals surface area contributed by atoms with Gasteiger partial charge in [-0.2, -0.15) is 5.10 Å². The van der Waals surface area contributed by atoms with Crippen molar-refractivity contribution in [3.05, 3.63) is 52.3 Å². The molecule has 2 atom stereocenters. The molecular weight excluding hydrogens is 318 g/mol. The minimum atomic E-state index is -0.963. The van der Waals surface area contributed by atoms with Gasteiger partial charge in [-0.15, -0.1) is 0 Å². The lowest BCUT2D eigenvalue weighted by molar-refractivity contribution is -0.152. The number of carboxylic acid groups (broad SMARTS) is 1. The van der Waals surface area contributed by atoms with Crippen molar-refractivity contribution in [3.8, 4) is 0 Å². The first-order chi connectivity index (χ1) is 11.8. The van der Waals surface area contributed by atoms with Crippen molar-refractivity contribution < 1.29 is 14.7 Å². The largest absolute Gasteiger partial charge is 0.480 e. The number of nitrogens with zero attached hydrogens (tertiary/aromatic N) is 3. The minimum absolute atomic E-state index is 0.166. The van der Waals surface area contributed by atoms with Crippen LogP contribution in [-0.2, 0) is 29.6 Å². The average Bonchev–Trinajstić information content (AvgIpc) is 2.84. The molecule has 6 nitrogen and oxygen atoms in total. The van der Waals surface area contributed by atoms with E-state index in [9.17, 15) is 14.7 Å². The first-order valence-electron chi connectivity index (χ1n) is 8.41. The molecule has 0 aliphatic carbocycles. The molecule has 1 N–H and O–H groups in total. The van der Waals surface area contributed by atoms with Crippen LogP contribution in [0.3, 0.4) is 0 Å². The van der Waals surface area contributed by atoms with E-state index in [2.05, 4.69) is 5.10 Å². The van der Waals surface area contributed by atoms with Gasteiger partial charge in [0, 0.05) is 31.3 Å². The SMILES string of the molecule is Cc1nn(C)c(C)c1[C@H](C)C(=O)N1Cc2ccccc2C[C@@H]1C(=O)O. The van der Waals surface area contributed by atoms with E-state index in [0.29, 0.717) is 13.0 Å². The van der Waals surface area contributed by atoms with Crippen LogP contribution in [0.15, 0.2) is 24.3 Å². The summed E-state index contributed by atoms with van der Waals surface area (Å²) in [6.45, 7) is 5.97. The van der Waals surface area contributed by atoms with Gasteiger partial charge in [-0.05, 0) is 31.9 Å². The second-order valence-electron chi connectivity index (χ2n) is 6.72. The summed E-state index contributed by atoms with van der Waals surface area (Å²) >= 11 is 0. The van der Waals surface area contributed by atoms with Crippen LogP contribution in [0.25, 0.3) is 0 Å². The Balaban J connectivity index is 1.95. The van der Waals surface area contributed by atoms with Gasteiger partial charge < -0.3 is 10.0 Å². The second-order valence-corrected chi connectivity index (χ2v) is 6.72. The highest BCUT2D eigenvalue weighted by Gasteiger charge is 2.37. The van der Waals surface area contributed by atoms with Crippen LogP contribution in [0.4, 0.5) is 0 Å². The molecule has 132 valence electrons. The monoisotopic (exact) mass is 341 g/mol. The maximum Gasteiger partial charge on any atom is 0.326 e. The van der Waals surface area contributed by atoms with Gasteiger partial charge in [0.05, 0.1) is 11.6 Å². The summed E-state index contributed by atoms with van der Waals surface area (Å²) in [6.07, 6.45) is 0.342. The Morgan fingerprint density at radius 2 is 1.88 bits per heavy atom. The lowest BCUT2D eigenvalue weighted by Crippen LogP contribution is -2.50. The number of hydrogen-bond donors (Lipinski definition) is 1. The van der Waals surface area contributed by atoms with Crippen LogP contribution >= 0.6 is 0 Å². The lowest BCUT2D eigenvalue weighted by atomic mass is 9.91. The number of carbonyl (C=O) groups is 2. The Bertz CT molecular complexity index is 840. The van der Waals surface area contributed by atoms with Gasteiger partial charge in [-0.25, -0.2) is 4.79 Å². The maximum absolute atomic E-state index is 13.2.